The smallest absolute Gasteiger partial charge is 0.340 e. The maximum Gasteiger partial charge on any atom is 0.340 e. The van der Waals surface area contributed by atoms with Gasteiger partial charge in [0.15, 0.2) is 0 Å². The van der Waals surface area contributed by atoms with E-state index in [0.29, 0.717) is 17.5 Å². The number of likely N-dealkylation sites (tertiary alicyclic amines) is 1. The maximum atomic E-state index is 11.9. The summed E-state index contributed by atoms with van der Waals surface area (Å²) in [5.41, 5.74) is 1.39. The van der Waals surface area contributed by atoms with Crippen LogP contribution in [0.15, 0.2) is 24.5 Å². The van der Waals surface area contributed by atoms with E-state index in [2.05, 4.69) is 23.7 Å². The van der Waals surface area contributed by atoms with Crippen molar-refractivity contribution in [2.75, 3.05) is 20.2 Å². The average molecular weight is 301 g/mol. The van der Waals surface area contributed by atoms with Crippen LogP contribution in [0.4, 0.5) is 0 Å². The molecule has 0 radical (unpaired) electrons. The molecule has 5 heteroatoms. The molecule has 0 aromatic carbocycles. The number of esters is 1. The van der Waals surface area contributed by atoms with E-state index in [1.165, 1.54) is 13.5 Å². The Balaban J connectivity index is 1.96. The molecule has 1 unspecified atom stereocenters. The Morgan fingerprint density at radius 2 is 2.27 bits per heavy atom. The van der Waals surface area contributed by atoms with Crippen molar-refractivity contribution in [1.82, 2.24) is 14.3 Å². The number of ether oxygens (including phenoxy) is 1. The number of hydrogen-bond acceptors (Lipinski definition) is 4. The van der Waals surface area contributed by atoms with Gasteiger partial charge >= 0.3 is 5.97 Å². The van der Waals surface area contributed by atoms with E-state index in [1.807, 2.05) is 16.7 Å². The number of fused-ring (bicyclic) bond motifs is 1. The zero-order valence-electron chi connectivity index (χ0n) is 13.5. The van der Waals surface area contributed by atoms with E-state index >= 15 is 0 Å². The predicted octanol–water partition coefficient (Wildman–Crippen LogP) is 2.71. The lowest BCUT2D eigenvalue weighted by molar-refractivity contribution is 0.0602. The number of carbonyl (C=O) groups excluding carboxylic acids is 1. The average Bonchev–Trinajstić information content (AvgIpc) is 2.98. The Morgan fingerprint density at radius 1 is 1.45 bits per heavy atom. The number of hydrogen-bond donors (Lipinski definition) is 0. The molecular weight excluding hydrogens is 278 g/mol. The Hall–Kier alpha value is -1.88. The largest absolute Gasteiger partial charge is 0.465 e. The Bertz CT molecular complexity index is 678. The molecule has 1 aliphatic rings. The van der Waals surface area contributed by atoms with Crippen molar-refractivity contribution in [3.63, 3.8) is 0 Å². The second-order valence-corrected chi connectivity index (χ2v) is 6.21. The van der Waals surface area contributed by atoms with Gasteiger partial charge < -0.3 is 14.0 Å². The Kier molecular flexibility index (Phi) is 4.16. The van der Waals surface area contributed by atoms with Gasteiger partial charge in [-0.2, -0.15) is 0 Å². The van der Waals surface area contributed by atoms with Crippen LogP contribution >= 0.6 is 0 Å². The lowest BCUT2D eigenvalue weighted by atomic mass is 9.96. The molecule has 3 heterocycles. The molecule has 1 fully saturated rings. The third-order valence-electron chi connectivity index (χ3n) is 4.55. The van der Waals surface area contributed by atoms with Crippen LogP contribution in [0.3, 0.4) is 0 Å². The van der Waals surface area contributed by atoms with Crippen LogP contribution in [0, 0.1) is 0 Å². The topological polar surface area (TPSA) is 46.8 Å². The Morgan fingerprint density at radius 3 is 3.00 bits per heavy atom. The van der Waals surface area contributed by atoms with E-state index in [4.69, 9.17) is 4.74 Å². The van der Waals surface area contributed by atoms with Gasteiger partial charge in [0.25, 0.3) is 0 Å². The summed E-state index contributed by atoms with van der Waals surface area (Å²) in [5, 5.41) is 0. The van der Waals surface area contributed by atoms with E-state index in [0.717, 1.165) is 30.9 Å². The number of carbonyl (C=O) groups is 1. The maximum absolute atomic E-state index is 11.9. The van der Waals surface area contributed by atoms with Gasteiger partial charge in [-0.25, -0.2) is 9.78 Å². The van der Waals surface area contributed by atoms with E-state index < -0.39 is 0 Å². The highest BCUT2D eigenvalue weighted by molar-refractivity contribution is 5.96. The molecule has 2 aromatic rings. The summed E-state index contributed by atoms with van der Waals surface area (Å²) in [7, 11) is 1.41. The normalized spacial score (nSPS) is 19.7. The van der Waals surface area contributed by atoms with Crippen LogP contribution in [-0.2, 0) is 4.74 Å². The molecule has 1 atom stereocenters. The molecule has 1 saturated heterocycles. The molecule has 5 nitrogen and oxygen atoms in total. The third kappa shape index (κ3) is 2.61. The van der Waals surface area contributed by atoms with Gasteiger partial charge in [-0.05, 0) is 45.4 Å². The van der Waals surface area contributed by atoms with Crippen LogP contribution in [0.2, 0.25) is 0 Å². The number of methoxy groups -OCH3 is 1. The van der Waals surface area contributed by atoms with Gasteiger partial charge in [-0.15, -0.1) is 0 Å². The molecule has 0 aliphatic carbocycles. The summed E-state index contributed by atoms with van der Waals surface area (Å²) in [4.78, 5) is 19.0. The molecule has 0 amide bonds. The van der Waals surface area contributed by atoms with Gasteiger partial charge in [0, 0.05) is 24.7 Å². The van der Waals surface area contributed by atoms with Crippen molar-refractivity contribution in [2.24, 2.45) is 0 Å². The molecule has 0 saturated carbocycles. The fourth-order valence-corrected chi connectivity index (χ4v) is 3.31. The summed E-state index contributed by atoms with van der Waals surface area (Å²) in [5.74, 6) is 1.14. The lowest BCUT2D eigenvalue weighted by Crippen LogP contribution is -2.39. The van der Waals surface area contributed by atoms with Crippen LogP contribution in [-0.4, -0.2) is 46.5 Å². The number of aromatic nitrogens is 2. The highest BCUT2D eigenvalue weighted by Gasteiger charge is 2.26. The molecule has 1 aliphatic heterocycles. The first kappa shape index (κ1) is 15.0. The second kappa shape index (κ2) is 6.08. The molecule has 22 heavy (non-hydrogen) atoms. The van der Waals surface area contributed by atoms with Crippen LogP contribution < -0.4 is 0 Å². The monoisotopic (exact) mass is 301 g/mol. The van der Waals surface area contributed by atoms with Crippen molar-refractivity contribution in [3.05, 3.63) is 35.9 Å². The molecular formula is C17H23N3O2. The molecule has 2 aromatic heterocycles. The van der Waals surface area contributed by atoms with Gasteiger partial charge in [0.05, 0.1) is 24.4 Å². The van der Waals surface area contributed by atoms with Gasteiger partial charge in [0.2, 0.25) is 0 Å². The highest BCUT2D eigenvalue weighted by atomic mass is 16.5. The van der Waals surface area contributed by atoms with Gasteiger partial charge in [-0.1, -0.05) is 0 Å². The first-order valence-electron chi connectivity index (χ1n) is 7.90. The van der Waals surface area contributed by atoms with Crippen molar-refractivity contribution in [1.29, 1.82) is 0 Å². The summed E-state index contributed by atoms with van der Waals surface area (Å²) in [6.45, 7) is 6.66. The van der Waals surface area contributed by atoms with Crippen LogP contribution in [0.1, 0.15) is 48.8 Å². The quantitative estimate of drug-likeness (QED) is 0.818. The second-order valence-electron chi connectivity index (χ2n) is 6.21. The SMILES string of the molecule is COC(=O)c1cccn2c(C3CCCN(C(C)C)C3)ncc12. The molecule has 0 spiro atoms. The van der Waals surface area contributed by atoms with Crippen molar-refractivity contribution in [3.8, 4) is 0 Å². The highest BCUT2D eigenvalue weighted by Crippen LogP contribution is 2.28. The minimum atomic E-state index is -0.315. The summed E-state index contributed by atoms with van der Waals surface area (Å²) in [6.07, 6.45) is 6.10. The summed E-state index contributed by atoms with van der Waals surface area (Å²) < 4.78 is 6.90. The fourth-order valence-electron chi connectivity index (χ4n) is 3.31. The number of rotatable bonds is 3. The predicted molar refractivity (Wildman–Crippen MR) is 85.2 cm³/mol. The zero-order valence-corrected chi connectivity index (χ0v) is 13.5. The first-order valence-corrected chi connectivity index (χ1v) is 7.90. The zero-order chi connectivity index (χ0) is 15.7. The fraction of sp³-hybridized carbons (Fsp3) is 0.529. The molecule has 0 N–H and O–H groups in total. The van der Waals surface area contributed by atoms with Crippen molar-refractivity contribution < 1.29 is 9.53 Å². The van der Waals surface area contributed by atoms with Gasteiger partial charge in [0.1, 0.15) is 5.82 Å². The number of piperidine rings is 1. The number of nitrogens with zero attached hydrogens (tertiary/aromatic N) is 3. The minimum absolute atomic E-state index is 0.315. The van der Waals surface area contributed by atoms with Crippen molar-refractivity contribution in [2.45, 2.75) is 38.6 Å². The molecule has 3 rings (SSSR count). The lowest BCUT2D eigenvalue weighted by Gasteiger charge is -2.34. The standard InChI is InChI=1S/C17H23N3O2/c1-12(2)19-8-4-6-13(11-19)16-18-10-15-14(17(21)22-3)7-5-9-20(15)16/h5,7,9-10,12-13H,4,6,8,11H2,1-3H3. The number of pyridine rings is 1. The van der Waals surface area contributed by atoms with Crippen LogP contribution in [0.5, 0.6) is 0 Å². The Labute approximate surface area is 130 Å². The molecule has 0 bridgehead atoms. The molecule has 118 valence electrons. The third-order valence-corrected chi connectivity index (χ3v) is 4.55. The van der Waals surface area contributed by atoms with E-state index in [-0.39, 0.29) is 5.97 Å². The van der Waals surface area contributed by atoms with Crippen LogP contribution in [0.25, 0.3) is 5.52 Å². The van der Waals surface area contributed by atoms with E-state index in [1.54, 1.807) is 12.3 Å². The van der Waals surface area contributed by atoms with Crippen molar-refractivity contribution >= 4 is 11.5 Å². The number of imidazole rings is 1. The summed E-state index contributed by atoms with van der Waals surface area (Å²) in [6, 6.07) is 4.22. The summed E-state index contributed by atoms with van der Waals surface area (Å²) >= 11 is 0. The minimum Gasteiger partial charge on any atom is -0.465 e. The van der Waals surface area contributed by atoms with E-state index in [9.17, 15) is 4.79 Å². The van der Waals surface area contributed by atoms with Gasteiger partial charge in [-0.3, -0.25) is 0 Å². The first-order chi connectivity index (χ1) is 10.6.